The number of amides is 1. The Bertz CT molecular complexity index is 518. The first-order valence-corrected chi connectivity index (χ1v) is 7.46. The standard InChI is InChI=1S/C12H15F3N2O2S/c1-16-10-8(11(18)17-6-7-20(2)19)4-3-5-9(10)12(13,14)15/h3-5,16H,6-7H2,1-2H3,(H,17,18). The monoisotopic (exact) mass is 308 g/mol. The number of para-hydroxylation sites is 1. The van der Waals surface area contributed by atoms with Crippen molar-refractivity contribution in [3.8, 4) is 0 Å². The SMILES string of the molecule is CNc1c(C(=O)NCCS(C)=O)cccc1C(F)(F)F. The van der Waals surface area contributed by atoms with Gasteiger partial charge in [0.25, 0.3) is 5.91 Å². The summed E-state index contributed by atoms with van der Waals surface area (Å²) in [6.07, 6.45) is -3.06. The largest absolute Gasteiger partial charge is 0.418 e. The predicted molar refractivity (Wildman–Crippen MR) is 72.3 cm³/mol. The van der Waals surface area contributed by atoms with Crippen molar-refractivity contribution >= 4 is 22.4 Å². The van der Waals surface area contributed by atoms with Crippen LogP contribution in [-0.2, 0) is 17.0 Å². The van der Waals surface area contributed by atoms with Gasteiger partial charge in [-0.2, -0.15) is 13.2 Å². The van der Waals surface area contributed by atoms with Crippen molar-refractivity contribution in [2.75, 3.05) is 30.9 Å². The van der Waals surface area contributed by atoms with Gasteiger partial charge in [-0.3, -0.25) is 9.00 Å². The zero-order valence-corrected chi connectivity index (χ0v) is 11.8. The van der Waals surface area contributed by atoms with E-state index in [2.05, 4.69) is 10.6 Å². The van der Waals surface area contributed by atoms with Crippen molar-refractivity contribution in [1.29, 1.82) is 0 Å². The smallest absolute Gasteiger partial charge is 0.387 e. The van der Waals surface area contributed by atoms with E-state index >= 15 is 0 Å². The fourth-order valence-corrected chi connectivity index (χ4v) is 2.04. The minimum absolute atomic E-state index is 0.0933. The number of benzene rings is 1. The van der Waals surface area contributed by atoms with Gasteiger partial charge in [0.05, 0.1) is 16.8 Å². The van der Waals surface area contributed by atoms with Gasteiger partial charge in [-0.25, -0.2) is 0 Å². The van der Waals surface area contributed by atoms with E-state index in [1.807, 2.05) is 0 Å². The Hall–Kier alpha value is -1.57. The summed E-state index contributed by atoms with van der Waals surface area (Å²) >= 11 is 0. The first kappa shape index (κ1) is 16.5. The molecule has 4 nitrogen and oxygen atoms in total. The summed E-state index contributed by atoms with van der Waals surface area (Å²) in [5.41, 5.74) is -1.26. The molecular weight excluding hydrogens is 293 g/mol. The lowest BCUT2D eigenvalue weighted by molar-refractivity contribution is -0.136. The van der Waals surface area contributed by atoms with Crippen LogP contribution in [0.2, 0.25) is 0 Å². The molecule has 0 fully saturated rings. The van der Waals surface area contributed by atoms with Crippen LogP contribution in [0.1, 0.15) is 15.9 Å². The molecule has 2 N–H and O–H groups in total. The number of nitrogens with one attached hydrogen (secondary N) is 2. The first-order chi connectivity index (χ1) is 9.27. The molecule has 1 atom stereocenters. The van der Waals surface area contributed by atoms with E-state index in [1.165, 1.54) is 25.4 Å². The number of rotatable bonds is 5. The molecule has 1 amide bonds. The molecule has 0 aliphatic rings. The second kappa shape index (κ2) is 6.74. The Balaban J connectivity index is 3.00. The summed E-state index contributed by atoms with van der Waals surface area (Å²) in [5, 5.41) is 4.85. The highest BCUT2D eigenvalue weighted by atomic mass is 32.2. The van der Waals surface area contributed by atoms with E-state index < -0.39 is 28.4 Å². The molecule has 1 rings (SSSR count). The van der Waals surface area contributed by atoms with Gasteiger partial charge >= 0.3 is 6.18 Å². The van der Waals surface area contributed by atoms with Crippen molar-refractivity contribution in [2.45, 2.75) is 6.18 Å². The molecule has 0 bridgehead atoms. The van der Waals surface area contributed by atoms with E-state index in [1.54, 1.807) is 0 Å². The fraction of sp³-hybridized carbons (Fsp3) is 0.417. The average Bonchev–Trinajstić information content (AvgIpc) is 2.36. The topological polar surface area (TPSA) is 58.2 Å². The third-order valence-electron chi connectivity index (χ3n) is 2.54. The Morgan fingerprint density at radius 2 is 2.00 bits per heavy atom. The number of hydrogen-bond acceptors (Lipinski definition) is 3. The molecule has 0 saturated heterocycles. The zero-order valence-electron chi connectivity index (χ0n) is 11.0. The van der Waals surface area contributed by atoms with Gasteiger partial charge in [0.2, 0.25) is 0 Å². The summed E-state index contributed by atoms with van der Waals surface area (Å²) < 4.78 is 49.3. The van der Waals surface area contributed by atoms with Crippen LogP contribution in [0.5, 0.6) is 0 Å². The van der Waals surface area contributed by atoms with Crippen LogP contribution in [0.15, 0.2) is 18.2 Å². The molecule has 20 heavy (non-hydrogen) atoms. The summed E-state index contributed by atoms with van der Waals surface area (Å²) in [6.45, 7) is 0.140. The number of hydrogen-bond donors (Lipinski definition) is 2. The van der Waals surface area contributed by atoms with Gasteiger partial charge in [-0.15, -0.1) is 0 Å². The maximum absolute atomic E-state index is 12.8. The Morgan fingerprint density at radius 3 is 2.50 bits per heavy atom. The van der Waals surface area contributed by atoms with E-state index in [-0.39, 0.29) is 23.5 Å². The van der Waals surface area contributed by atoms with Crippen LogP contribution in [0, 0.1) is 0 Å². The highest BCUT2D eigenvalue weighted by Gasteiger charge is 2.34. The summed E-state index contributed by atoms with van der Waals surface area (Å²) in [5.74, 6) is -0.384. The molecule has 0 aliphatic heterocycles. The van der Waals surface area contributed by atoms with Crippen molar-refractivity contribution < 1.29 is 22.2 Å². The number of carbonyl (C=O) groups is 1. The van der Waals surface area contributed by atoms with Crippen molar-refractivity contribution in [3.05, 3.63) is 29.3 Å². The lowest BCUT2D eigenvalue weighted by Crippen LogP contribution is -2.28. The van der Waals surface area contributed by atoms with Crippen molar-refractivity contribution in [1.82, 2.24) is 5.32 Å². The van der Waals surface area contributed by atoms with Crippen LogP contribution in [0.25, 0.3) is 0 Å². The molecule has 0 aliphatic carbocycles. The van der Waals surface area contributed by atoms with E-state index in [9.17, 15) is 22.2 Å². The minimum Gasteiger partial charge on any atom is -0.387 e. The highest BCUT2D eigenvalue weighted by molar-refractivity contribution is 7.84. The van der Waals surface area contributed by atoms with Gasteiger partial charge in [0.15, 0.2) is 0 Å². The van der Waals surface area contributed by atoms with Gasteiger partial charge in [0, 0.05) is 36.4 Å². The van der Waals surface area contributed by atoms with Crippen LogP contribution >= 0.6 is 0 Å². The summed E-state index contributed by atoms with van der Waals surface area (Å²) in [7, 11) is 0.248. The molecule has 8 heteroatoms. The second-order valence-electron chi connectivity index (χ2n) is 4.01. The molecule has 0 heterocycles. The Morgan fingerprint density at radius 1 is 1.35 bits per heavy atom. The molecule has 1 aromatic rings. The minimum atomic E-state index is -4.54. The molecule has 0 saturated carbocycles. The number of anilines is 1. The van der Waals surface area contributed by atoms with Gasteiger partial charge in [0.1, 0.15) is 0 Å². The van der Waals surface area contributed by atoms with Crippen molar-refractivity contribution in [3.63, 3.8) is 0 Å². The second-order valence-corrected chi connectivity index (χ2v) is 5.56. The molecular formula is C12H15F3N2O2S. The molecule has 0 aromatic heterocycles. The average molecular weight is 308 g/mol. The predicted octanol–water partition coefficient (Wildman–Crippen LogP) is 1.86. The van der Waals surface area contributed by atoms with Crippen LogP contribution in [-0.4, -0.2) is 35.7 Å². The van der Waals surface area contributed by atoms with Crippen molar-refractivity contribution in [2.24, 2.45) is 0 Å². The van der Waals surface area contributed by atoms with Gasteiger partial charge in [-0.1, -0.05) is 6.07 Å². The molecule has 112 valence electrons. The quantitative estimate of drug-likeness (QED) is 0.873. The van der Waals surface area contributed by atoms with E-state index in [4.69, 9.17) is 0 Å². The highest BCUT2D eigenvalue weighted by Crippen LogP contribution is 2.36. The van der Waals surface area contributed by atoms with E-state index in [0.29, 0.717) is 0 Å². The zero-order chi connectivity index (χ0) is 15.3. The molecule has 1 unspecified atom stereocenters. The Labute approximate surface area is 117 Å². The third kappa shape index (κ3) is 4.22. The molecule has 0 spiro atoms. The van der Waals surface area contributed by atoms with Crippen LogP contribution < -0.4 is 10.6 Å². The molecule has 1 aromatic carbocycles. The molecule has 0 radical (unpaired) electrons. The van der Waals surface area contributed by atoms with E-state index in [0.717, 1.165) is 6.07 Å². The Kier molecular flexibility index (Phi) is 5.55. The lowest BCUT2D eigenvalue weighted by atomic mass is 10.1. The number of carbonyl (C=O) groups excluding carboxylic acids is 1. The van der Waals surface area contributed by atoms with Gasteiger partial charge in [-0.05, 0) is 12.1 Å². The van der Waals surface area contributed by atoms with Gasteiger partial charge < -0.3 is 10.6 Å². The first-order valence-electron chi connectivity index (χ1n) is 5.73. The fourth-order valence-electron chi connectivity index (χ4n) is 1.65. The lowest BCUT2D eigenvalue weighted by Gasteiger charge is -2.16. The maximum Gasteiger partial charge on any atom is 0.418 e. The summed E-state index contributed by atoms with van der Waals surface area (Å²) in [4.78, 5) is 11.9. The maximum atomic E-state index is 12.8. The third-order valence-corrected chi connectivity index (χ3v) is 3.32. The number of alkyl halides is 3. The summed E-state index contributed by atoms with van der Waals surface area (Å²) in [6, 6.07) is 3.39. The van der Waals surface area contributed by atoms with Crippen LogP contribution in [0.3, 0.4) is 0 Å². The normalized spacial score (nSPS) is 12.8. The van der Waals surface area contributed by atoms with Crippen LogP contribution in [0.4, 0.5) is 18.9 Å². The number of halogens is 3.